The maximum Gasteiger partial charge on any atom is 0.0973 e. The van der Waals surface area contributed by atoms with Crippen molar-refractivity contribution in [2.24, 2.45) is 0 Å². The van der Waals surface area contributed by atoms with E-state index in [1.54, 1.807) is 0 Å². The third-order valence-corrected chi connectivity index (χ3v) is 0. The van der Waals surface area contributed by atoms with E-state index >= 15 is 0 Å². The van der Waals surface area contributed by atoms with Gasteiger partial charge in [0.1, 0.15) is 0 Å². The standard InChI is InChI=1S/CH5B.2H2O.Zn/c1-2;;;/h2H2,1H3;2*1H2;. The zero-order chi connectivity index (χ0) is 2.00. The number of rotatable bonds is 0. The first-order valence-electron chi connectivity index (χ1n) is 1.00. The van der Waals surface area contributed by atoms with Crippen molar-refractivity contribution in [2.75, 3.05) is 0 Å². The molecule has 0 aliphatic rings. The Balaban J connectivity index is -0.00000000167. The van der Waals surface area contributed by atoms with Crippen LogP contribution in [0.15, 0.2) is 0 Å². The molecule has 0 fully saturated rings. The van der Waals surface area contributed by atoms with Gasteiger partial charge < -0.3 is 11.0 Å². The van der Waals surface area contributed by atoms with E-state index in [4.69, 9.17) is 0 Å². The molecule has 30 valence electrons. The van der Waals surface area contributed by atoms with E-state index in [0.717, 1.165) is 0 Å². The summed E-state index contributed by atoms with van der Waals surface area (Å²) < 4.78 is 0. The average Bonchev–Trinajstić information content (AvgIpc) is 1.00. The summed E-state index contributed by atoms with van der Waals surface area (Å²) in [4.78, 5) is 0. The Labute approximate surface area is 45.7 Å². The zero-order valence-corrected chi connectivity index (χ0v) is 6.67. The van der Waals surface area contributed by atoms with Crippen LogP contribution in [0.5, 0.6) is 0 Å². The minimum absolute atomic E-state index is 0. The van der Waals surface area contributed by atoms with Crippen molar-refractivity contribution in [3.63, 3.8) is 0 Å². The van der Waals surface area contributed by atoms with Crippen LogP contribution in [-0.2, 0) is 19.5 Å². The van der Waals surface area contributed by atoms with Gasteiger partial charge in [-0.05, 0) is 0 Å². The molecule has 5 heavy (non-hydrogen) atoms. The Hall–Kier alpha value is 0.608. The first kappa shape index (κ1) is 46.0. The molecule has 0 bridgehead atoms. The Morgan fingerprint density at radius 2 is 1.00 bits per heavy atom. The molecule has 0 aliphatic carbocycles. The predicted octanol–water partition coefficient (Wildman–Crippen LogP) is -1.98. The third kappa shape index (κ3) is 84.7. The van der Waals surface area contributed by atoms with E-state index in [1.807, 2.05) is 14.7 Å². The van der Waals surface area contributed by atoms with Crippen LogP contribution in [0, 0.1) is 0 Å². The topological polar surface area (TPSA) is 63.0 Å². The van der Waals surface area contributed by atoms with Crippen LogP contribution in [0.2, 0.25) is 6.82 Å². The molecule has 0 aromatic heterocycles. The van der Waals surface area contributed by atoms with Crippen molar-refractivity contribution in [1.82, 2.24) is 0 Å². The summed E-state index contributed by atoms with van der Waals surface area (Å²) in [6.07, 6.45) is 0. The molecule has 0 heterocycles. The van der Waals surface area contributed by atoms with Gasteiger partial charge in [0.15, 0.2) is 0 Å². The van der Waals surface area contributed by atoms with Crippen LogP contribution >= 0.6 is 0 Å². The van der Waals surface area contributed by atoms with Gasteiger partial charge in [-0.15, -0.1) is 0 Å². The number of hydrogen-bond acceptors (Lipinski definition) is 0. The van der Waals surface area contributed by atoms with Gasteiger partial charge in [0, 0.05) is 19.5 Å². The molecule has 0 rings (SSSR count). The summed E-state index contributed by atoms with van der Waals surface area (Å²) in [5.41, 5.74) is 0. The molecule has 0 aliphatic heterocycles. The van der Waals surface area contributed by atoms with E-state index in [1.165, 1.54) is 0 Å². The molecule has 0 aromatic carbocycles. The largest absolute Gasteiger partial charge is 0.412 e. The van der Waals surface area contributed by atoms with Crippen molar-refractivity contribution in [1.29, 1.82) is 0 Å². The fourth-order valence-corrected chi connectivity index (χ4v) is 0. The minimum Gasteiger partial charge on any atom is -0.412 e. The van der Waals surface area contributed by atoms with Crippen LogP contribution in [0.4, 0.5) is 0 Å². The normalized spacial score (nSPS) is 1.00. The van der Waals surface area contributed by atoms with Crippen LogP contribution in [0.1, 0.15) is 0 Å². The predicted molar refractivity (Wildman–Crippen MR) is 21.6 cm³/mol. The molecule has 0 saturated carbocycles. The summed E-state index contributed by atoms with van der Waals surface area (Å²) >= 11 is 0. The molecule has 4 N–H and O–H groups in total. The van der Waals surface area contributed by atoms with E-state index in [9.17, 15) is 0 Å². The van der Waals surface area contributed by atoms with Crippen molar-refractivity contribution in [3.8, 4) is 0 Å². The second kappa shape index (κ2) is 162. The Morgan fingerprint density at radius 3 is 1.00 bits per heavy atom. The van der Waals surface area contributed by atoms with Crippen LogP contribution in [0.25, 0.3) is 0 Å². The quantitative estimate of drug-likeness (QED) is 0.340. The van der Waals surface area contributed by atoms with Crippen molar-refractivity contribution in [2.45, 2.75) is 6.82 Å². The minimum atomic E-state index is 0. The maximum atomic E-state index is 2.00. The smallest absolute Gasteiger partial charge is 0.0973 e. The monoisotopic (exact) mass is 128 g/mol. The van der Waals surface area contributed by atoms with Gasteiger partial charge in [0.2, 0.25) is 0 Å². The molecule has 0 radical (unpaired) electrons. The summed E-state index contributed by atoms with van der Waals surface area (Å²) in [5.74, 6) is 0. The second-order valence-electron chi connectivity index (χ2n) is 0. The molecule has 0 aromatic rings. The van der Waals surface area contributed by atoms with Crippen LogP contribution in [0.3, 0.4) is 0 Å². The van der Waals surface area contributed by atoms with Gasteiger partial charge in [-0.25, -0.2) is 0 Å². The van der Waals surface area contributed by atoms with Crippen LogP contribution < -0.4 is 0 Å². The second-order valence-corrected chi connectivity index (χ2v) is 0. The maximum absolute atomic E-state index is 2.00. The third-order valence-electron chi connectivity index (χ3n) is 0. The first-order valence-corrected chi connectivity index (χ1v) is 1.00. The summed E-state index contributed by atoms with van der Waals surface area (Å²) in [6, 6.07) is 0. The van der Waals surface area contributed by atoms with Gasteiger partial charge in [-0.2, -0.15) is 0 Å². The van der Waals surface area contributed by atoms with E-state index < -0.39 is 0 Å². The number of hydrogen-bond donors (Lipinski definition) is 0. The van der Waals surface area contributed by atoms with E-state index in [-0.39, 0.29) is 30.4 Å². The van der Waals surface area contributed by atoms with Gasteiger partial charge in [-0.1, -0.05) is 6.82 Å². The first-order chi connectivity index (χ1) is 1.00. The average molecular weight is 129 g/mol. The van der Waals surface area contributed by atoms with Crippen molar-refractivity contribution in [3.05, 3.63) is 0 Å². The van der Waals surface area contributed by atoms with Gasteiger partial charge >= 0.3 is 0 Å². The van der Waals surface area contributed by atoms with Gasteiger partial charge in [0.25, 0.3) is 0 Å². The van der Waals surface area contributed by atoms with Crippen LogP contribution in [-0.4, -0.2) is 18.8 Å². The summed E-state index contributed by atoms with van der Waals surface area (Å²) in [6.45, 7) is 2.00. The zero-order valence-electron chi connectivity index (χ0n) is 3.71. The molecule has 0 spiro atoms. The Bertz CT molecular complexity index is 9.61. The van der Waals surface area contributed by atoms with Gasteiger partial charge in [-0.3, -0.25) is 0 Å². The SMILES string of the molecule is BC.O.O.[Zn]. The fourth-order valence-electron chi connectivity index (χ4n) is 0. The molecule has 0 amide bonds. The van der Waals surface area contributed by atoms with Crippen molar-refractivity contribution < 1.29 is 30.4 Å². The summed E-state index contributed by atoms with van der Waals surface area (Å²) in [5, 5.41) is 0. The molecule has 4 heteroatoms. The fraction of sp³-hybridized carbons (Fsp3) is 1.00. The van der Waals surface area contributed by atoms with E-state index in [2.05, 4.69) is 0 Å². The molecular weight excluding hydrogens is 120 g/mol. The Morgan fingerprint density at radius 1 is 1.00 bits per heavy atom. The molecule has 2 nitrogen and oxygen atoms in total. The molecule has 0 atom stereocenters. The van der Waals surface area contributed by atoms with Gasteiger partial charge in [0.05, 0.1) is 7.85 Å². The Kier molecular flexibility index (Phi) is 1490. The summed E-state index contributed by atoms with van der Waals surface area (Å²) in [7, 11) is 2.00. The molecule has 0 unspecified atom stereocenters. The molecule has 0 saturated heterocycles. The van der Waals surface area contributed by atoms with Crippen molar-refractivity contribution >= 4 is 7.85 Å². The van der Waals surface area contributed by atoms with E-state index in [0.29, 0.717) is 0 Å². The molecular formula is CH9BO2Zn.